The van der Waals surface area contributed by atoms with E-state index in [-0.39, 0.29) is 5.91 Å². The Balaban J connectivity index is 1.35. The minimum absolute atomic E-state index is 0.242. The first kappa shape index (κ1) is 14.3. The van der Waals surface area contributed by atoms with Crippen molar-refractivity contribution in [3.05, 3.63) is 0 Å². The van der Waals surface area contributed by atoms with Gasteiger partial charge >= 0.3 is 0 Å². The third-order valence-corrected chi connectivity index (χ3v) is 5.27. The number of hydrogen-bond donors (Lipinski definition) is 1. The van der Waals surface area contributed by atoms with Crippen molar-refractivity contribution in [1.82, 2.24) is 15.1 Å². The topological polar surface area (TPSA) is 35.6 Å². The Morgan fingerprint density at radius 1 is 0.900 bits per heavy atom. The number of piperazine rings is 1. The fraction of sp³-hybridized carbons (Fsp3) is 0.938. The molecule has 0 aromatic rings. The number of nitrogens with one attached hydrogen (secondary N) is 1. The van der Waals surface area contributed by atoms with Gasteiger partial charge in [-0.25, -0.2) is 0 Å². The smallest absolute Gasteiger partial charge is 0.220 e. The maximum absolute atomic E-state index is 11.2. The second kappa shape index (κ2) is 6.90. The molecular formula is C16H29N3O. The molecule has 1 aliphatic carbocycles. The van der Waals surface area contributed by atoms with Crippen LogP contribution in [0.4, 0.5) is 0 Å². The van der Waals surface area contributed by atoms with Gasteiger partial charge in [0, 0.05) is 51.7 Å². The molecule has 4 nitrogen and oxygen atoms in total. The molecule has 3 aliphatic rings. The van der Waals surface area contributed by atoms with Crippen LogP contribution >= 0.6 is 0 Å². The van der Waals surface area contributed by atoms with Crippen molar-refractivity contribution in [3.63, 3.8) is 0 Å². The third kappa shape index (κ3) is 3.95. The molecule has 3 rings (SSSR count). The predicted octanol–water partition coefficient (Wildman–Crippen LogP) is 1.46. The van der Waals surface area contributed by atoms with E-state index in [2.05, 4.69) is 15.1 Å². The van der Waals surface area contributed by atoms with Crippen LogP contribution in [0.1, 0.15) is 44.9 Å². The molecule has 1 amide bonds. The Hall–Kier alpha value is -0.610. The number of hydrogen-bond acceptors (Lipinski definition) is 3. The standard InChI is InChI=1S/C16H29N3O/c20-16-7-6-15(17-16)13-19-10-8-18(9-11-19)12-14-4-2-1-3-5-14/h14-15H,1-13H2,(H,17,20)/t15-/m0/s1. The van der Waals surface area contributed by atoms with E-state index in [0.29, 0.717) is 6.04 Å². The molecule has 2 aliphatic heterocycles. The monoisotopic (exact) mass is 279 g/mol. The van der Waals surface area contributed by atoms with E-state index in [9.17, 15) is 4.79 Å². The van der Waals surface area contributed by atoms with Crippen LogP contribution in [0.15, 0.2) is 0 Å². The molecule has 0 aromatic heterocycles. The minimum Gasteiger partial charge on any atom is -0.352 e. The molecule has 2 heterocycles. The normalized spacial score (nSPS) is 30.6. The maximum Gasteiger partial charge on any atom is 0.220 e. The summed E-state index contributed by atoms with van der Waals surface area (Å²) in [5, 5.41) is 3.08. The summed E-state index contributed by atoms with van der Waals surface area (Å²) in [6.07, 6.45) is 9.02. The Bertz CT molecular complexity index is 320. The summed E-state index contributed by atoms with van der Waals surface area (Å²) in [5.74, 6) is 1.20. The van der Waals surface area contributed by atoms with Crippen LogP contribution in [-0.2, 0) is 4.79 Å². The fourth-order valence-corrected chi connectivity index (χ4v) is 4.02. The van der Waals surface area contributed by atoms with Crippen LogP contribution < -0.4 is 5.32 Å². The largest absolute Gasteiger partial charge is 0.352 e. The second-order valence-corrected chi connectivity index (χ2v) is 6.91. The molecule has 1 N–H and O–H groups in total. The lowest BCUT2D eigenvalue weighted by Crippen LogP contribution is -2.50. The maximum atomic E-state index is 11.2. The molecule has 0 aromatic carbocycles. The Morgan fingerprint density at radius 2 is 1.55 bits per heavy atom. The summed E-state index contributed by atoms with van der Waals surface area (Å²) in [5.41, 5.74) is 0. The van der Waals surface area contributed by atoms with Gasteiger partial charge < -0.3 is 10.2 Å². The van der Waals surface area contributed by atoms with Gasteiger partial charge in [-0.1, -0.05) is 19.3 Å². The number of nitrogens with zero attached hydrogens (tertiary/aromatic N) is 2. The minimum atomic E-state index is 0.242. The summed E-state index contributed by atoms with van der Waals surface area (Å²) in [6.45, 7) is 7.18. The van der Waals surface area contributed by atoms with E-state index in [4.69, 9.17) is 0 Å². The van der Waals surface area contributed by atoms with Crippen LogP contribution in [0, 0.1) is 5.92 Å². The van der Waals surface area contributed by atoms with Gasteiger partial charge in [-0.3, -0.25) is 9.69 Å². The first-order valence-electron chi connectivity index (χ1n) is 8.53. The zero-order valence-corrected chi connectivity index (χ0v) is 12.6. The molecule has 0 unspecified atom stereocenters. The van der Waals surface area contributed by atoms with Gasteiger partial charge in [0.1, 0.15) is 0 Å². The van der Waals surface area contributed by atoms with Crippen molar-refractivity contribution >= 4 is 5.91 Å². The van der Waals surface area contributed by atoms with Gasteiger partial charge in [-0.05, 0) is 25.2 Å². The summed E-state index contributed by atoms with van der Waals surface area (Å²) >= 11 is 0. The van der Waals surface area contributed by atoms with E-state index in [1.807, 2.05) is 0 Å². The SMILES string of the molecule is O=C1CC[C@@H](CN2CCN(CC3CCCCC3)CC2)N1. The average molecular weight is 279 g/mol. The number of carbonyl (C=O) groups excluding carboxylic acids is 1. The lowest BCUT2D eigenvalue weighted by molar-refractivity contribution is -0.119. The Kier molecular flexibility index (Phi) is 4.94. The molecule has 1 saturated carbocycles. The highest BCUT2D eigenvalue weighted by atomic mass is 16.1. The fourth-order valence-electron chi connectivity index (χ4n) is 4.02. The van der Waals surface area contributed by atoms with Gasteiger partial charge in [-0.15, -0.1) is 0 Å². The lowest BCUT2D eigenvalue weighted by atomic mass is 9.89. The zero-order chi connectivity index (χ0) is 13.8. The van der Waals surface area contributed by atoms with Crippen molar-refractivity contribution in [2.45, 2.75) is 51.0 Å². The lowest BCUT2D eigenvalue weighted by Gasteiger charge is -2.38. The Morgan fingerprint density at radius 3 is 2.15 bits per heavy atom. The number of rotatable bonds is 4. The molecule has 0 radical (unpaired) electrons. The highest BCUT2D eigenvalue weighted by Crippen LogP contribution is 2.24. The van der Waals surface area contributed by atoms with Crippen molar-refractivity contribution in [2.24, 2.45) is 5.92 Å². The first-order chi connectivity index (χ1) is 9.79. The zero-order valence-electron chi connectivity index (χ0n) is 12.6. The second-order valence-electron chi connectivity index (χ2n) is 6.91. The van der Waals surface area contributed by atoms with Crippen LogP contribution in [0.2, 0.25) is 0 Å². The van der Waals surface area contributed by atoms with Gasteiger partial charge in [0.05, 0.1) is 0 Å². The molecular weight excluding hydrogens is 250 g/mol. The van der Waals surface area contributed by atoms with Crippen molar-refractivity contribution in [1.29, 1.82) is 0 Å². The summed E-state index contributed by atoms with van der Waals surface area (Å²) in [4.78, 5) is 16.4. The highest BCUT2D eigenvalue weighted by Gasteiger charge is 2.26. The van der Waals surface area contributed by atoms with Crippen LogP contribution in [0.25, 0.3) is 0 Å². The van der Waals surface area contributed by atoms with Gasteiger partial charge in [0.2, 0.25) is 5.91 Å². The number of amides is 1. The third-order valence-electron chi connectivity index (χ3n) is 5.27. The van der Waals surface area contributed by atoms with Crippen LogP contribution in [0.5, 0.6) is 0 Å². The summed E-state index contributed by atoms with van der Waals surface area (Å²) in [7, 11) is 0. The van der Waals surface area contributed by atoms with Crippen LogP contribution in [-0.4, -0.2) is 61.0 Å². The van der Waals surface area contributed by atoms with E-state index in [1.54, 1.807) is 0 Å². The summed E-state index contributed by atoms with van der Waals surface area (Å²) in [6, 6.07) is 0.410. The highest BCUT2D eigenvalue weighted by molar-refractivity contribution is 5.78. The Labute approximate surface area is 122 Å². The molecule has 2 saturated heterocycles. The van der Waals surface area contributed by atoms with Crippen molar-refractivity contribution in [3.8, 4) is 0 Å². The predicted molar refractivity (Wildman–Crippen MR) is 80.6 cm³/mol. The van der Waals surface area contributed by atoms with E-state index in [0.717, 1.165) is 25.3 Å². The number of carbonyl (C=O) groups is 1. The van der Waals surface area contributed by atoms with Crippen LogP contribution in [0.3, 0.4) is 0 Å². The van der Waals surface area contributed by atoms with E-state index < -0.39 is 0 Å². The molecule has 20 heavy (non-hydrogen) atoms. The van der Waals surface area contributed by atoms with Gasteiger partial charge in [-0.2, -0.15) is 0 Å². The van der Waals surface area contributed by atoms with Gasteiger partial charge in [0.25, 0.3) is 0 Å². The van der Waals surface area contributed by atoms with E-state index >= 15 is 0 Å². The van der Waals surface area contributed by atoms with E-state index in [1.165, 1.54) is 64.8 Å². The van der Waals surface area contributed by atoms with Crippen molar-refractivity contribution < 1.29 is 4.79 Å². The van der Waals surface area contributed by atoms with Crippen molar-refractivity contribution in [2.75, 3.05) is 39.3 Å². The summed E-state index contributed by atoms with van der Waals surface area (Å²) < 4.78 is 0. The quantitative estimate of drug-likeness (QED) is 0.846. The molecule has 1 atom stereocenters. The molecule has 114 valence electrons. The average Bonchev–Trinajstić information content (AvgIpc) is 2.88. The molecule has 0 bridgehead atoms. The molecule has 3 fully saturated rings. The first-order valence-corrected chi connectivity index (χ1v) is 8.53. The van der Waals surface area contributed by atoms with Gasteiger partial charge in [0.15, 0.2) is 0 Å². The molecule has 4 heteroatoms. The molecule has 0 spiro atoms.